The molecule has 0 aliphatic carbocycles. The Morgan fingerprint density at radius 3 is 2.81 bits per heavy atom. The van der Waals surface area contributed by atoms with Crippen molar-refractivity contribution in [1.82, 2.24) is 24.7 Å². The van der Waals surface area contributed by atoms with Crippen LogP contribution in [-0.4, -0.2) is 58.0 Å². The maximum atomic E-state index is 4.61. The molecule has 1 aromatic carbocycles. The number of imidazole rings is 1. The van der Waals surface area contributed by atoms with Gasteiger partial charge in [0.1, 0.15) is 5.82 Å². The zero-order valence-corrected chi connectivity index (χ0v) is 19.4. The van der Waals surface area contributed by atoms with Gasteiger partial charge in [0, 0.05) is 51.7 Å². The number of nitrogens with zero attached hydrogens (tertiary/aromatic N) is 5. The molecular formula is C25H38N6. The number of guanidine groups is 1. The summed E-state index contributed by atoms with van der Waals surface area (Å²) in [6, 6.07) is 11.6. The molecule has 0 radical (unpaired) electrons. The average Bonchev–Trinajstić information content (AvgIpc) is 3.21. The molecule has 2 saturated heterocycles. The Morgan fingerprint density at radius 1 is 1.19 bits per heavy atom. The fourth-order valence-electron chi connectivity index (χ4n) is 5.27. The summed E-state index contributed by atoms with van der Waals surface area (Å²) in [5.74, 6) is 3.42. The van der Waals surface area contributed by atoms with Crippen LogP contribution in [-0.2, 0) is 19.6 Å². The molecule has 0 saturated carbocycles. The van der Waals surface area contributed by atoms with Gasteiger partial charge in [0.2, 0.25) is 0 Å². The Kier molecular flexibility index (Phi) is 7.28. The lowest BCUT2D eigenvalue weighted by Gasteiger charge is -2.48. The summed E-state index contributed by atoms with van der Waals surface area (Å²) < 4.78 is 2.25. The number of aliphatic imine (C=N–C) groups is 1. The Morgan fingerprint density at radius 2 is 2.03 bits per heavy atom. The van der Waals surface area contributed by atoms with Gasteiger partial charge in [0.15, 0.2) is 5.96 Å². The molecule has 3 heterocycles. The number of piperidine rings is 2. The van der Waals surface area contributed by atoms with Gasteiger partial charge in [-0.15, -0.1) is 0 Å². The molecule has 168 valence electrons. The quantitative estimate of drug-likeness (QED) is 0.571. The van der Waals surface area contributed by atoms with Crippen molar-refractivity contribution < 1.29 is 0 Å². The zero-order chi connectivity index (χ0) is 21.6. The number of rotatable bonds is 6. The number of aromatic nitrogens is 2. The number of hydrogen-bond acceptors (Lipinski definition) is 3. The van der Waals surface area contributed by atoms with Gasteiger partial charge in [0.05, 0.1) is 6.54 Å². The summed E-state index contributed by atoms with van der Waals surface area (Å²) in [5, 5.41) is 3.58. The lowest BCUT2D eigenvalue weighted by molar-refractivity contribution is 0.0372. The van der Waals surface area contributed by atoms with E-state index < -0.39 is 0 Å². The summed E-state index contributed by atoms with van der Waals surface area (Å²) in [6.45, 7) is 10.7. The smallest absolute Gasteiger partial charge is 0.194 e. The summed E-state index contributed by atoms with van der Waals surface area (Å²) >= 11 is 0. The second kappa shape index (κ2) is 10.3. The van der Waals surface area contributed by atoms with Crippen molar-refractivity contribution in [2.75, 3.05) is 26.7 Å². The van der Waals surface area contributed by atoms with E-state index in [1.165, 1.54) is 31.4 Å². The molecule has 2 fully saturated rings. The molecule has 6 nitrogen and oxygen atoms in total. The van der Waals surface area contributed by atoms with Crippen LogP contribution in [0.5, 0.6) is 0 Å². The molecule has 2 aliphatic rings. The highest BCUT2D eigenvalue weighted by Crippen LogP contribution is 2.31. The largest absolute Gasteiger partial charge is 0.349 e. The van der Waals surface area contributed by atoms with Gasteiger partial charge in [-0.3, -0.25) is 9.89 Å². The van der Waals surface area contributed by atoms with Crippen LogP contribution in [0.3, 0.4) is 0 Å². The Bertz CT molecular complexity index is 843. The van der Waals surface area contributed by atoms with Gasteiger partial charge < -0.3 is 14.8 Å². The van der Waals surface area contributed by atoms with Crippen molar-refractivity contribution >= 4 is 5.96 Å². The summed E-state index contributed by atoms with van der Waals surface area (Å²) in [6.07, 6.45) is 7.80. The molecule has 2 unspecified atom stereocenters. The molecule has 6 heteroatoms. The van der Waals surface area contributed by atoms with Gasteiger partial charge in [-0.25, -0.2) is 4.98 Å². The molecular weight excluding hydrogens is 384 g/mol. The molecule has 0 amide bonds. The summed E-state index contributed by atoms with van der Waals surface area (Å²) in [7, 11) is 1.90. The number of benzene rings is 1. The van der Waals surface area contributed by atoms with E-state index in [4.69, 9.17) is 0 Å². The van der Waals surface area contributed by atoms with Crippen LogP contribution in [0.2, 0.25) is 0 Å². The number of nitrogens with one attached hydrogen (secondary N) is 1. The first-order chi connectivity index (χ1) is 15.1. The van der Waals surface area contributed by atoms with E-state index in [2.05, 4.69) is 80.0 Å². The highest BCUT2D eigenvalue weighted by molar-refractivity contribution is 5.79. The fraction of sp³-hybridized carbons (Fsp3) is 0.600. The lowest BCUT2D eigenvalue weighted by Crippen LogP contribution is -2.56. The van der Waals surface area contributed by atoms with Crippen LogP contribution in [0, 0.1) is 11.8 Å². The number of likely N-dealkylation sites (tertiary alicyclic amines) is 2. The van der Waals surface area contributed by atoms with E-state index in [1.807, 2.05) is 13.2 Å². The maximum absolute atomic E-state index is 4.61. The van der Waals surface area contributed by atoms with Gasteiger partial charge in [-0.2, -0.15) is 0 Å². The van der Waals surface area contributed by atoms with Crippen molar-refractivity contribution in [2.24, 2.45) is 16.8 Å². The predicted octanol–water partition coefficient (Wildman–Crippen LogP) is 3.60. The highest BCUT2D eigenvalue weighted by atomic mass is 15.3. The first kappa shape index (κ1) is 21.9. The Balaban J connectivity index is 1.34. The van der Waals surface area contributed by atoms with E-state index in [9.17, 15) is 0 Å². The molecule has 0 spiro atoms. The Hall–Kier alpha value is -2.34. The first-order valence-electron chi connectivity index (χ1n) is 11.9. The summed E-state index contributed by atoms with van der Waals surface area (Å²) in [4.78, 5) is 14.3. The highest BCUT2D eigenvalue weighted by Gasteiger charge is 2.36. The van der Waals surface area contributed by atoms with Gasteiger partial charge in [0.25, 0.3) is 0 Å². The van der Waals surface area contributed by atoms with Crippen LogP contribution >= 0.6 is 0 Å². The van der Waals surface area contributed by atoms with E-state index in [0.29, 0.717) is 17.9 Å². The van der Waals surface area contributed by atoms with Crippen LogP contribution in [0.25, 0.3) is 0 Å². The number of fused-ring (bicyclic) bond motifs is 1. The predicted molar refractivity (Wildman–Crippen MR) is 127 cm³/mol. The fourth-order valence-corrected chi connectivity index (χ4v) is 5.27. The molecule has 4 rings (SSSR count). The monoisotopic (exact) mass is 422 g/mol. The third-order valence-corrected chi connectivity index (χ3v) is 6.69. The van der Waals surface area contributed by atoms with Crippen LogP contribution in [0.15, 0.2) is 47.7 Å². The molecule has 2 aromatic rings. The van der Waals surface area contributed by atoms with E-state index >= 15 is 0 Å². The maximum Gasteiger partial charge on any atom is 0.194 e. The van der Waals surface area contributed by atoms with Crippen molar-refractivity contribution in [3.63, 3.8) is 0 Å². The van der Waals surface area contributed by atoms with E-state index in [1.54, 1.807) is 0 Å². The first-order valence-corrected chi connectivity index (χ1v) is 11.9. The third-order valence-electron chi connectivity index (χ3n) is 6.69. The van der Waals surface area contributed by atoms with E-state index in [0.717, 1.165) is 44.5 Å². The van der Waals surface area contributed by atoms with Gasteiger partial charge >= 0.3 is 0 Å². The van der Waals surface area contributed by atoms with Crippen molar-refractivity contribution in [1.29, 1.82) is 0 Å². The molecule has 1 aromatic heterocycles. The minimum Gasteiger partial charge on any atom is -0.349 e. The molecule has 0 bridgehead atoms. The van der Waals surface area contributed by atoms with Crippen molar-refractivity contribution in [3.05, 3.63) is 54.1 Å². The molecule has 2 atom stereocenters. The van der Waals surface area contributed by atoms with Gasteiger partial charge in [-0.05, 0) is 43.2 Å². The Labute approximate surface area is 187 Å². The SMILES string of the molecule is CN=C(NCc1nccn1CC(C)C)N1CCC2C(CCCN2Cc2ccccc2)C1. The average molecular weight is 423 g/mol. The van der Waals surface area contributed by atoms with Crippen molar-refractivity contribution in [2.45, 2.75) is 58.8 Å². The molecule has 2 aliphatic heterocycles. The standard InChI is InChI=1S/C25H38N6/c1-20(2)17-30-15-12-27-24(30)16-28-25(26-3)31-14-11-23-22(19-31)10-7-13-29(23)18-21-8-5-4-6-9-21/h4-6,8-9,12,15,20,22-23H,7,10-11,13-14,16-19H2,1-3H3,(H,26,28). The second-order valence-electron chi connectivity index (χ2n) is 9.45. The van der Waals surface area contributed by atoms with Gasteiger partial charge in [-0.1, -0.05) is 44.2 Å². The van der Waals surface area contributed by atoms with Crippen LogP contribution < -0.4 is 5.32 Å². The molecule has 1 N–H and O–H groups in total. The topological polar surface area (TPSA) is 48.7 Å². The lowest BCUT2D eigenvalue weighted by atomic mass is 9.83. The minimum absolute atomic E-state index is 0.608. The summed E-state index contributed by atoms with van der Waals surface area (Å²) in [5.41, 5.74) is 1.43. The third kappa shape index (κ3) is 5.48. The van der Waals surface area contributed by atoms with E-state index in [-0.39, 0.29) is 0 Å². The van der Waals surface area contributed by atoms with Crippen LogP contribution in [0.4, 0.5) is 0 Å². The second-order valence-corrected chi connectivity index (χ2v) is 9.45. The normalized spacial score (nSPS) is 22.6. The number of hydrogen-bond donors (Lipinski definition) is 1. The van der Waals surface area contributed by atoms with Crippen molar-refractivity contribution in [3.8, 4) is 0 Å². The zero-order valence-electron chi connectivity index (χ0n) is 19.4. The minimum atomic E-state index is 0.608. The van der Waals surface area contributed by atoms with Crippen LogP contribution in [0.1, 0.15) is 44.5 Å². The molecule has 31 heavy (non-hydrogen) atoms.